The lowest BCUT2D eigenvalue weighted by molar-refractivity contribution is -0.132. The zero-order chi connectivity index (χ0) is 26.3. The molecule has 2 aromatic rings. The number of nitrogens with zero attached hydrogens (tertiary/aromatic N) is 8. The average Bonchev–Trinajstić information content (AvgIpc) is 2.97. The number of hydrogen-bond acceptors (Lipinski definition) is 10. The predicted molar refractivity (Wildman–Crippen MR) is 141 cm³/mol. The normalized spacial score (nSPS) is 18.4. The van der Waals surface area contributed by atoms with Crippen molar-refractivity contribution in [2.45, 2.75) is 32.1 Å². The summed E-state index contributed by atoms with van der Waals surface area (Å²) in [5.74, 6) is 0.464. The Bertz CT molecular complexity index is 1100. The van der Waals surface area contributed by atoms with Crippen LogP contribution in [-0.2, 0) is 22.4 Å². The molecule has 0 bridgehead atoms. The Morgan fingerprint density at radius 3 is 2.21 bits per heavy atom. The van der Waals surface area contributed by atoms with E-state index in [-0.39, 0.29) is 11.5 Å². The van der Waals surface area contributed by atoms with Gasteiger partial charge < -0.3 is 24.5 Å². The molecule has 12 heteroatoms. The van der Waals surface area contributed by atoms with E-state index in [0.717, 1.165) is 64.6 Å². The Labute approximate surface area is 222 Å². The number of amides is 1. The van der Waals surface area contributed by atoms with Crippen LogP contribution in [-0.4, -0.2) is 119 Å². The molecule has 0 radical (unpaired) electrons. The Morgan fingerprint density at radius 1 is 0.816 bits per heavy atom. The van der Waals surface area contributed by atoms with E-state index >= 15 is 0 Å². The number of carbonyl (C=O) groups is 2. The molecule has 3 aliphatic rings. The van der Waals surface area contributed by atoms with Crippen LogP contribution >= 0.6 is 0 Å². The van der Waals surface area contributed by atoms with Crippen LogP contribution in [0.3, 0.4) is 0 Å². The highest BCUT2D eigenvalue weighted by molar-refractivity contribution is 5.86. The van der Waals surface area contributed by atoms with Crippen LogP contribution in [0.25, 0.3) is 0 Å². The van der Waals surface area contributed by atoms with Gasteiger partial charge in [0.1, 0.15) is 0 Å². The van der Waals surface area contributed by atoms with Crippen LogP contribution in [0.4, 0.5) is 11.9 Å². The number of aromatic nitrogens is 4. The number of aryl methyl sites for hydroxylation is 2. The summed E-state index contributed by atoms with van der Waals surface area (Å²) in [6, 6.07) is 0. The van der Waals surface area contributed by atoms with Gasteiger partial charge in [0, 0.05) is 83.2 Å². The first-order chi connectivity index (χ1) is 18.6. The van der Waals surface area contributed by atoms with E-state index in [9.17, 15) is 9.59 Å². The molecule has 0 aromatic carbocycles. The fourth-order valence-electron chi connectivity index (χ4n) is 5.15. The highest BCUT2D eigenvalue weighted by Gasteiger charge is 2.24. The highest BCUT2D eigenvalue weighted by atomic mass is 16.5. The van der Waals surface area contributed by atoms with E-state index in [1.165, 1.54) is 36.5 Å². The Hall–Kier alpha value is -3.38. The molecule has 2 aliphatic heterocycles. The van der Waals surface area contributed by atoms with Crippen molar-refractivity contribution in [1.82, 2.24) is 29.7 Å². The molecule has 204 valence electrons. The second-order valence-electron chi connectivity index (χ2n) is 9.98. The van der Waals surface area contributed by atoms with Crippen molar-refractivity contribution in [2.24, 2.45) is 0 Å². The van der Waals surface area contributed by atoms with E-state index in [4.69, 9.17) is 14.8 Å². The highest BCUT2D eigenvalue weighted by Crippen LogP contribution is 2.21. The summed E-state index contributed by atoms with van der Waals surface area (Å²) in [6.45, 7) is 7.95. The summed E-state index contributed by atoms with van der Waals surface area (Å²) < 4.78 is 5.77. The zero-order valence-electron chi connectivity index (χ0n) is 21.8. The predicted octanol–water partition coefficient (Wildman–Crippen LogP) is 0.721. The van der Waals surface area contributed by atoms with E-state index in [0.29, 0.717) is 38.7 Å². The molecule has 2 aromatic heterocycles. The van der Waals surface area contributed by atoms with Crippen molar-refractivity contribution < 1.29 is 19.4 Å². The number of carboxylic acids is 1. The topological polar surface area (TPSA) is 128 Å². The molecule has 1 aliphatic carbocycles. The van der Waals surface area contributed by atoms with Crippen LogP contribution in [0.2, 0.25) is 0 Å². The first-order valence-corrected chi connectivity index (χ1v) is 13.5. The first-order valence-electron chi connectivity index (χ1n) is 13.5. The number of carbonyl (C=O) groups excluding carboxylic acids is 1. The number of hydrogen-bond donors (Lipinski definition) is 1. The van der Waals surface area contributed by atoms with Crippen LogP contribution < -0.4 is 9.80 Å². The van der Waals surface area contributed by atoms with Crippen molar-refractivity contribution in [1.29, 1.82) is 0 Å². The number of rotatable bonds is 9. The van der Waals surface area contributed by atoms with Gasteiger partial charge in [-0.1, -0.05) is 0 Å². The van der Waals surface area contributed by atoms with Gasteiger partial charge in [-0.2, -0.15) is 0 Å². The molecule has 0 saturated carbocycles. The van der Waals surface area contributed by atoms with Crippen molar-refractivity contribution in [3.63, 3.8) is 0 Å². The third-order valence-corrected chi connectivity index (χ3v) is 7.52. The number of fused-ring (bicyclic) bond motifs is 1. The number of carboxylic acid groups (broad SMARTS) is 1. The van der Waals surface area contributed by atoms with Crippen molar-refractivity contribution in [2.75, 3.05) is 81.9 Å². The van der Waals surface area contributed by atoms with Gasteiger partial charge in [-0.15, -0.1) is 0 Å². The summed E-state index contributed by atoms with van der Waals surface area (Å²) in [4.78, 5) is 49.8. The minimum atomic E-state index is -1.03. The van der Waals surface area contributed by atoms with Gasteiger partial charge in [-0.3, -0.25) is 9.69 Å². The fourth-order valence-corrected chi connectivity index (χ4v) is 5.15. The van der Waals surface area contributed by atoms with E-state index in [1.807, 2.05) is 11.1 Å². The molecule has 0 unspecified atom stereocenters. The monoisotopic (exact) mass is 524 g/mol. The standard InChI is InChI=1S/C26H36N8O4/c35-23(32-10-12-34(13-11-32)26-29-17-20-3-1-2-4-22(20)30-26)5-15-38-16-14-31-6-8-33(9-7-31)25-27-18-21(19-28-25)24(36)37/h17-19H,1-16H2,(H,36,37). The zero-order valence-corrected chi connectivity index (χ0v) is 21.8. The van der Waals surface area contributed by atoms with Crippen molar-refractivity contribution >= 4 is 23.8 Å². The molecule has 12 nitrogen and oxygen atoms in total. The van der Waals surface area contributed by atoms with Crippen molar-refractivity contribution in [3.05, 3.63) is 35.4 Å². The summed E-state index contributed by atoms with van der Waals surface area (Å²) in [7, 11) is 0. The Kier molecular flexibility index (Phi) is 8.59. The summed E-state index contributed by atoms with van der Waals surface area (Å²) in [5.41, 5.74) is 2.57. The van der Waals surface area contributed by atoms with E-state index in [2.05, 4.69) is 29.7 Å². The molecular formula is C26H36N8O4. The molecule has 2 saturated heterocycles. The SMILES string of the molecule is O=C(O)c1cnc(N2CCN(CCOCCC(=O)N3CCN(c4ncc5c(n4)CCCC5)CC3)CC2)nc1. The maximum atomic E-state index is 12.7. The Balaban J connectivity index is 0.947. The second-order valence-corrected chi connectivity index (χ2v) is 9.98. The van der Waals surface area contributed by atoms with Crippen LogP contribution in [0, 0.1) is 0 Å². The number of anilines is 2. The summed E-state index contributed by atoms with van der Waals surface area (Å²) >= 11 is 0. The lowest BCUT2D eigenvalue weighted by atomic mass is 9.98. The molecule has 5 rings (SSSR count). The van der Waals surface area contributed by atoms with Gasteiger partial charge in [0.05, 0.1) is 25.2 Å². The summed E-state index contributed by atoms with van der Waals surface area (Å²) in [5, 5.41) is 8.98. The lowest BCUT2D eigenvalue weighted by Crippen LogP contribution is -2.49. The minimum absolute atomic E-state index is 0.0879. The second kappa shape index (κ2) is 12.4. The van der Waals surface area contributed by atoms with Gasteiger partial charge >= 0.3 is 5.97 Å². The van der Waals surface area contributed by atoms with E-state index < -0.39 is 5.97 Å². The Morgan fingerprint density at radius 2 is 1.47 bits per heavy atom. The molecule has 0 atom stereocenters. The molecule has 4 heterocycles. The van der Waals surface area contributed by atoms with Gasteiger partial charge in [-0.05, 0) is 31.2 Å². The molecule has 1 N–H and O–H groups in total. The molecule has 38 heavy (non-hydrogen) atoms. The van der Waals surface area contributed by atoms with Crippen LogP contribution in [0.5, 0.6) is 0 Å². The largest absolute Gasteiger partial charge is 0.478 e. The van der Waals surface area contributed by atoms with Gasteiger partial charge in [-0.25, -0.2) is 24.7 Å². The van der Waals surface area contributed by atoms with E-state index in [1.54, 1.807) is 0 Å². The van der Waals surface area contributed by atoms with Gasteiger partial charge in [0.15, 0.2) is 0 Å². The molecular weight excluding hydrogens is 488 g/mol. The summed E-state index contributed by atoms with van der Waals surface area (Å²) in [6.07, 6.45) is 9.62. The average molecular weight is 525 g/mol. The number of aromatic carboxylic acids is 1. The molecule has 1 amide bonds. The molecule has 2 fully saturated rings. The minimum Gasteiger partial charge on any atom is -0.478 e. The smallest absolute Gasteiger partial charge is 0.338 e. The quantitative estimate of drug-likeness (QED) is 0.466. The number of piperazine rings is 2. The lowest BCUT2D eigenvalue weighted by Gasteiger charge is -2.35. The van der Waals surface area contributed by atoms with Gasteiger partial charge in [0.2, 0.25) is 17.8 Å². The third-order valence-electron chi connectivity index (χ3n) is 7.52. The maximum absolute atomic E-state index is 12.7. The van der Waals surface area contributed by atoms with Crippen LogP contribution in [0.15, 0.2) is 18.6 Å². The first kappa shape index (κ1) is 26.2. The fraction of sp³-hybridized carbons (Fsp3) is 0.615. The number of ether oxygens (including phenoxy) is 1. The van der Waals surface area contributed by atoms with Crippen LogP contribution in [0.1, 0.15) is 40.9 Å². The van der Waals surface area contributed by atoms with Gasteiger partial charge in [0.25, 0.3) is 0 Å². The third kappa shape index (κ3) is 6.54. The maximum Gasteiger partial charge on any atom is 0.338 e. The molecule has 0 spiro atoms. The van der Waals surface area contributed by atoms with Crippen molar-refractivity contribution in [3.8, 4) is 0 Å².